The van der Waals surface area contributed by atoms with Crippen molar-refractivity contribution in [3.05, 3.63) is 29.8 Å². The predicted molar refractivity (Wildman–Crippen MR) is 83.7 cm³/mol. The maximum absolute atomic E-state index is 11.7. The number of hydrogen-bond donors (Lipinski definition) is 1. The molecule has 0 aliphatic heterocycles. The highest BCUT2D eigenvalue weighted by Crippen LogP contribution is 2.27. The van der Waals surface area contributed by atoms with Crippen LogP contribution in [0.3, 0.4) is 0 Å². The summed E-state index contributed by atoms with van der Waals surface area (Å²) in [7, 11) is 4.83. The maximum Gasteiger partial charge on any atom is 0.259 e. The second-order valence-electron chi connectivity index (χ2n) is 5.08. The highest BCUT2D eigenvalue weighted by molar-refractivity contribution is 5.78. The van der Waals surface area contributed by atoms with E-state index in [4.69, 9.17) is 9.47 Å². The van der Waals surface area contributed by atoms with Crippen LogP contribution in [-0.2, 0) is 14.3 Å². The van der Waals surface area contributed by atoms with Crippen molar-refractivity contribution in [2.75, 3.05) is 34.4 Å². The first kappa shape index (κ1) is 18.0. The number of methoxy groups -OCH3 is 1. The Bertz CT molecular complexity index is 503. The maximum atomic E-state index is 11.7. The number of para-hydroxylation sites is 1. The van der Waals surface area contributed by atoms with Gasteiger partial charge in [-0.25, -0.2) is 0 Å². The molecule has 0 saturated heterocycles. The molecule has 1 unspecified atom stereocenters. The van der Waals surface area contributed by atoms with Gasteiger partial charge in [-0.05, 0) is 12.5 Å². The van der Waals surface area contributed by atoms with E-state index in [1.165, 1.54) is 12.0 Å². The van der Waals surface area contributed by atoms with Gasteiger partial charge in [0.25, 0.3) is 5.91 Å². The van der Waals surface area contributed by atoms with E-state index in [-0.39, 0.29) is 31.1 Å². The summed E-state index contributed by atoms with van der Waals surface area (Å²) in [5.41, 5.74) is 0.848. The van der Waals surface area contributed by atoms with Crippen molar-refractivity contribution < 1.29 is 19.1 Å². The molecule has 0 saturated carbocycles. The molecule has 2 amide bonds. The number of hydrogen-bond acceptors (Lipinski definition) is 4. The average Bonchev–Trinajstić information content (AvgIpc) is 2.50. The standard InChI is InChI=1S/C16H24N2O4/c1-5-13(17-15(19)10-21-4)12-8-6-7-9-14(12)22-11-16(20)18(2)3/h6-9,13H,5,10-11H2,1-4H3,(H,17,19). The van der Waals surface area contributed by atoms with E-state index < -0.39 is 0 Å². The van der Waals surface area contributed by atoms with Gasteiger partial charge in [0.05, 0.1) is 6.04 Å². The van der Waals surface area contributed by atoms with E-state index in [2.05, 4.69) is 5.32 Å². The number of amides is 2. The van der Waals surface area contributed by atoms with Crippen LogP contribution < -0.4 is 10.1 Å². The summed E-state index contributed by atoms with van der Waals surface area (Å²) in [5, 5.41) is 2.90. The number of ether oxygens (including phenoxy) is 2. The summed E-state index contributed by atoms with van der Waals surface area (Å²) >= 11 is 0. The third-order valence-corrected chi connectivity index (χ3v) is 3.16. The molecular weight excluding hydrogens is 284 g/mol. The lowest BCUT2D eigenvalue weighted by molar-refractivity contribution is -0.131. The zero-order valence-corrected chi connectivity index (χ0v) is 13.6. The van der Waals surface area contributed by atoms with E-state index in [0.717, 1.165) is 5.56 Å². The Morgan fingerprint density at radius 2 is 1.91 bits per heavy atom. The van der Waals surface area contributed by atoms with Gasteiger partial charge in [-0.1, -0.05) is 25.1 Å². The smallest absolute Gasteiger partial charge is 0.259 e. The van der Waals surface area contributed by atoms with Crippen LogP contribution in [0.25, 0.3) is 0 Å². The number of rotatable bonds is 8. The lowest BCUT2D eigenvalue weighted by Crippen LogP contribution is -2.32. The van der Waals surface area contributed by atoms with E-state index >= 15 is 0 Å². The SMILES string of the molecule is CCC(NC(=O)COC)c1ccccc1OCC(=O)N(C)C. The van der Waals surface area contributed by atoms with Crippen molar-refractivity contribution in [2.24, 2.45) is 0 Å². The fourth-order valence-corrected chi connectivity index (χ4v) is 1.94. The van der Waals surface area contributed by atoms with Gasteiger partial charge in [-0.15, -0.1) is 0 Å². The first-order chi connectivity index (χ1) is 10.5. The summed E-state index contributed by atoms with van der Waals surface area (Å²) in [6.45, 7) is 1.95. The zero-order chi connectivity index (χ0) is 16.5. The van der Waals surface area contributed by atoms with Crippen LogP contribution in [0, 0.1) is 0 Å². The minimum absolute atomic E-state index is 0.0125. The molecule has 0 radical (unpaired) electrons. The Balaban J connectivity index is 2.83. The fraction of sp³-hybridized carbons (Fsp3) is 0.500. The van der Waals surface area contributed by atoms with E-state index in [1.54, 1.807) is 20.2 Å². The van der Waals surface area contributed by atoms with Crippen LogP contribution in [0.5, 0.6) is 5.75 Å². The first-order valence-corrected chi connectivity index (χ1v) is 7.19. The van der Waals surface area contributed by atoms with Gasteiger partial charge >= 0.3 is 0 Å². The Hall–Kier alpha value is -2.08. The number of carbonyl (C=O) groups is 2. The molecule has 1 aromatic rings. The van der Waals surface area contributed by atoms with Gasteiger partial charge in [-0.3, -0.25) is 9.59 Å². The minimum Gasteiger partial charge on any atom is -0.483 e. The van der Waals surface area contributed by atoms with Gasteiger partial charge in [-0.2, -0.15) is 0 Å². The lowest BCUT2D eigenvalue weighted by Gasteiger charge is -2.21. The predicted octanol–water partition coefficient (Wildman–Crippen LogP) is 1.37. The number of carbonyl (C=O) groups excluding carboxylic acids is 2. The molecule has 0 spiro atoms. The third kappa shape index (κ3) is 5.37. The molecule has 6 heteroatoms. The van der Waals surface area contributed by atoms with E-state index in [9.17, 15) is 9.59 Å². The summed E-state index contributed by atoms with van der Waals surface area (Å²) in [4.78, 5) is 24.8. The average molecular weight is 308 g/mol. The molecule has 1 atom stereocenters. The van der Waals surface area contributed by atoms with Crippen molar-refractivity contribution in [1.29, 1.82) is 0 Å². The lowest BCUT2D eigenvalue weighted by atomic mass is 10.0. The summed E-state index contributed by atoms with van der Waals surface area (Å²) in [5.74, 6) is 0.294. The highest BCUT2D eigenvalue weighted by atomic mass is 16.5. The van der Waals surface area contributed by atoms with Gasteiger partial charge in [0.2, 0.25) is 5.91 Å². The monoisotopic (exact) mass is 308 g/mol. The van der Waals surface area contributed by atoms with Crippen molar-refractivity contribution in [3.63, 3.8) is 0 Å². The third-order valence-electron chi connectivity index (χ3n) is 3.16. The molecule has 0 fully saturated rings. The number of nitrogens with zero attached hydrogens (tertiary/aromatic N) is 1. The molecule has 6 nitrogen and oxygen atoms in total. The van der Waals surface area contributed by atoms with Crippen molar-refractivity contribution >= 4 is 11.8 Å². The fourth-order valence-electron chi connectivity index (χ4n) is 1.94. The molecule has 0 heterocycles. The molecule has 122 valence electrons. The number of nitrogens with one attached hydrogen (secondary N) is 1. The van der Waals surface area contributed by atoms with E-state index in [1.807, 2.05) is 25.1 Å². The molecule has 1 aromatic carbocycles. The highest BCUT2D eigenvalue weighted by Gasteiger charge is 2.17. The summed E-state index contributed by atoms with van der Waals surface area (Å²) in [6.07, 6.45) is 0.706. The number of likely N-dealkylation sites (N-methyl/N-ethyl adjacent to an activating group) is 1. The van der Waals surface area contributed by atoms with Crippen LogP contribution in [0.2, 0.25) is 0 Å². The van der Waals surface area contributed by atoms with Gasteiger partial charge < -0.3 is 19.7 Å². The quantitative estimate of drug-likeness (QED) is 0.787. The van der Waals surface area contributed by atoms with Crippen LogP contribution in [0.15, 0.2) is 24.3 Å². The topological polar surface area (TPSA) is 67.9 Å². The van der Waals surface area contributed by atoms with Crippen LogP contribution >= 0.6 is 0 Å². The molecule has 0 bridgehead atoms. The first-order valence-electron chi connectivity index (χ1n) is 7.19. The van der Waals surface area contributed by atoms with E-state index in [0.29, 0.717) is 12.2 Å². The van der Waals surface area contributed by atoms with Crippen molar-refractivity contribution in [2.45, 2.75) is 19.4 Å². The molecule has 1 N–H and O–H groups in total. The van der Waals surface area contributed by atoms with Crippen LogP contribution in [-0.4, -0.2) is 51.1 Å². The van der Waals surface area contributed by atoms with Gasteiger partial charge in [0.1, 0.15) is 12.4 Å². The van der Waals surface area contributed by atoms with Gasteiger partial charge in [0.15, 0.2) is 6.61 Å². The van der Waals surface area contributed by atoms with Gasteiger partial charge in [0, 0.05) is 26.8 Å². The van der Waals surface area contributed by atoms with Crippen molar-refractivity contribution in [3.8, 4) is 5.75 Å². The van der Waals surface area contributed by atoms with Crippen molar-refractivity contribution in [1.82, 2.24) is 10.2 Å². The molecule has 1 rings (SSSR count). The number of benzene rings is 1. The Kier molecular flexibility index (Phi) is 7.39. The molecular formula is C16H24N2O4. The molecule has 0 aliphatic rings. The Morgan fingerprint density at radius 1 is 1.23 bits per heavy atom. The molecule has 0 aromatic heterocycles. The Morgan fingerprint density at radius 3 is 2.50 bits per heavy atom. The Labute approximate surface area is 131 Å². The van der Waals surface area contributed by atoms with Crippen LogP contribution in [0.1, 0.15) is 24.9 Å². The molecule has 22 heavy (non-hydrogen) atoms. The molecule has 0 aliphatic carbocycles. The van der Waals surface area contributed by atoms with Crippen LogP contribution in [0.4, 0.5) is 0 Å². The summed E-state index contributed by atoms with van der Waals surface area (Å²) < 4.78 is 10.4. The largest absolute Gasteiger partial charge is 0.483 e. The summed E-state index contributed by atoms with van der Waals surface area (Å²) in [6, 6.07) is 7.21. The zero-order valence-electron chi connectivity index (χ0n) is 13.6. The minimum atomic E-state index is -0.187. The second-order valence-corrected chi connectivity index (χ2v) is 5.08. The normalized spacial score (nSPS) is 11.6. The second kappa shape index (κ2) is 9.04.